The Hall–Kier alpha value is -4.12. The molecule has 1 heterocycles. The van der Waals surface area contributed by atoms with Gasteiger partial charge in [0.25, 0.3) is 0 Å². The molecular weight excluding hydrogens is 424 g/mol. The fourth-order valence-corrected chi connectivity index (χ4v) is 4.16. The molecule has 0 saturated heterocycles. The van der Waals surface area contributed by atoms with E-state index in [1.54, 1.807) is 12.1 Å². The predicted molar refractivity (Wildman–Crippen MR) is 134 cm³/mol. The smallest absolute Gasteiger partial charge is 0.231 e. The van der Waals surface area contributed by atoms with E-state index < -0.39 is 0 Å². The average Bonchev–Trinajstić information content (AvgIpc) is 3.28. The molecule has 2 N–H and O–H groups in total. The minimum absolute atomic E-state index is 0.110. The number of aromatic nitrogens is 2. The largest absolute Gasteiger partial charge is 0.508 e. The van der Waals surface area contributed by atoms with E-state index in [1.807, 2.05) is 48.5 Å². The second-order valence-corrected chi connectivity index (χ2v) is 9.51. The number of benzene rings is 4. The van der Waals surface area contributed by atoms with Gasteiger partial charge in [-0.1, -0.05) is 86.6 Å². The quantitative estimate of drug-likeness (QED) is 0.313. The van der Waals surface area contributed by atoms with Crippen molar-refractivity contribution in [2.45, 2.75) is 32.6 Å². The summed E-state index contributed by atoms with van der Waals surface area (Å²) in [6.07, 6.45) is 0.301. The molecule has 0 bridgehead atoms. The molecule has 5 rings (SSSR count). The Bertz CT molecular complexity index is 1490. The highest BCUT2D eigenvalue weighted by molar-refractivity contribution is 5.99. The fourth-order valence-electron chi connectivity index (χ4n) is 4.16. The van der Waals surface area contributed by atoms with Crippen LogP contribution < -0.4 is 0 Å². The van der Waals surface area contributed by atoms with E-state index in [9.17, 15) is 10.2 Å². The molecule has 1 aromatic heterocycles. The zero-order valence-electron chi connectivity index (χ0n) is 19.4. The second kappa shape index (κ2) is 8.34. The van der Waals surface area contributed by atoms with Gasteiger partial charge in [0.1, 0.15) is 11.5 Å². The summed E-state index contributed by atoms with van der Waals surface area (Å²) in [5.74, 6) is 0.969. The normalized spacial score (nSPS) is 11.7. The first kappa shape index (κ1) is 21.7. The Morgan fingerprint density at radius 3 is 2.29 bits per heavy atom. The van der Waals surface area contributed by atoms with Gasteiger partial charge < -0.3 is 14.7 Å². The second-order valence-electron chi connectivity index (χ2n) is 9.51. The van der Waals surface area contributed by atoms with Gasteiger partial charge in [0, 0.05) is 11.1 Å². The lowest BCUT2D eigenvalue weighted by molar-refractivity contribution is 0.382. The molecule has 0 aliphatic heterocycles. The Morgan fingerprint density at radius 1 is 0.794 bits per heavy atom. The maximum atomic E-state index is 11.4. The molecule has 0 spiro atoms. The van der Waals surface area contributed by atoms with E-state index in [0.717, 1.165) is 27.5 Å². The fraction of sp³-hybridized carbons (Fsp3) is 0.172. The highest BCUT2D eigenvalue weighted by Crippen LogP contribution is 2.43. The number of hydrogen-bond donors (Lipinski definition) is 2. The minimum atomic E-state index is -0.163. The highest BCUT2D eigenvalue weighted by atomic mass is 16.5. The van der Waals surface area contributed by atoms with Gasteiger partial charge in [-0.25, -0.2) is 0 Å². The molecule has 0 radical (unpaired) electrons. The average molecular weight is 451 g/mol. The van der Waals surface area contributed by atoms with Gasteiger partial charge in [0.05, 0.1) is 12.0 Å². The third-order valence-electron chi connectivity index (χ3n) is 6.10. The van der Waals surface area contributed by atoms with Crippen molar-refractivity contribution < 1.29 is 14.7 Å². The summed E-state index contributed by atoms with van der Waals surface area (Å²) in [6, 6.07) is 25.3. The van der Waals surface area contributed by atoms with Crippen molar-refractivity contribution in [1.82, 2.24) is 10.1 Å². The monoisotopic (exact) mass is 450 g/mol. The molecule has 0 fully saturated rings. The maximum Gasteiger partial charge on any atom is 0.231 e. The first-order chi connectivity index (χ1) is 16.3. The van der Waals surface area contributed by atoms with Crippen molar-refractivity contribution in [1.29, 1.82) is 0 Å². The molecule has 5 aromatic rings. The van der Waals surface area contributed by atoms with Crippen molar-refractivity contribution in [3.63, 3.8) is 0 Å². The Morgan fingerprint density at radius 2 is 1.50 bits per heavy atom. The highest BCUT2D eigenvalue weighted by Gasteiger charge is 2.23. The Balaban J connectivity index is 1.65. The molecule has 5 nitrogen and oxygen atoms in total. The van der Waals surface area contributed by atoms with Crippen LogP contribution in [0.4, 0.5) is 0 Å². The minimum Gasteiger partial charge on any atom is -0.508 e. The van der Waals surface area contributed by atoms with Crippen LogP contribution in [0.15, 0.2) is 83.4 Å². The van der Waals surface area contributed by atoms with Gasteiger partial charge in [-0.15, -0.1) is 0 Å². The molecule has 0 unspecified atom stereocenters. The van der Waals surface area contributed by atoms with Crippen LogP contribution >= 0.6 is 0 Å². The number of fused-ring (bicyclic) bond motifs is 1. The van der Waals surface area contributed by atoms with E-state index in [-0.39, 0.29) is 16.9 Å². The predicted octanol–water partition coefficient (Wildman–Crippen LogP) is 6.86. The SMILES string of the molecule is CC(C)(C)c1cc(-c2noc(Cc3ccccc3O)n2)c(O)c(-c2cccc3ccccc23)c1. The van der Waals surface area contributed by atoms with Crippen LogP contribution in [0.5, 0.6) is 11.5 Å². The van der Waals surface area contributed by atoms with E-state index in [4.69, 9.17) is 4.52 Å². The van der Waals surface area contributed by atoms with E-state index in [1.165, 1.54) is 0 Å². The summed E-state index contributed by atoms with van der Waals surface area (Å²) in [6.45, 7) is 6.40. The number of rotatable bonds is 4. The standard InChI is InChI=1S/C29H26N2O3/c1-29(2,3)20-16-23(22-13-8-11-18-9-4-6-12-21(18)22)27(33)24(17-20)28-30-26(34-31-28)15-19-10-5-7-14-25(19)32/h4-14,16-17,32-33H,15H2,1-3H3. The van der Waals surface area contributed by atoms with Crippen LogP contribution in [-0.4, -0.2) is 20.4 Å². The number of hydrogen-bond acceptors (Lipinski definition) is 5. The molecule has 0 aliphatic carbocycles. The van der Waals surface area contributed by atoms with Crippen LogP contribution in [-0.2, 0) is 11.8 Å². The lowest BCUT2D eigenvalue weighted by Crippen LogP contribution is -2.11. The van der Waals surface area contributed by atoms with Crippen molar-refractivity contribution in [3.8, 4) is 34.0 Å². The van der Waals surface area contributed by atoms with Gasteiger partial charge in [-0.05, 0) is 45.5 Å². The summed E-state index contributed by atoms with van der Waals surface area (Å²) >= 11 is 0. The topological polar surface area (TPSA) is 79.4 Å². The molecule has 170 valence electrons. The van der Waals surface area contributed by atoms with Gasteiger partial charge in [0.2, 0.25) is 11.7 Å². The van der Waals surface area contributed by atoms with E-state index in [0.29, 0.717) is 29.3 Å². The summed E-state index contributed by atoms with van der Waals surface area (Å²) in [5, 5.41) is 27.8. The molecule has 5 heteroatoms. The van der Waals surface area contributed by atoms with Crippen molar-refractivity contribution in [2.75, 3.05) is 0 Å². The summed E-state index contributed by atoms with van der Waals surface area (Å²) in [5.41, 5.74) is 3.77. The van der Waals surface area contributed by atoms with Crippen LogP contribution in [0.3, 0.4) is 0 Å². The van der Waals surface area contributed by atoms with Crippen LogP contribution in [0, 0.1) is 0 Å². The van der Waals surface area contributed by atoms with Crippen molar-refractivity contribution in [3.05, 3.63) is 95.9 Å². The molecule has 4 aromatic carbocycles. The van der Waals surface area contributed by atoms with Gasteiger partial charge in [0.15, 0.2) is 0 Å². The molecule has 34 heavy (non-hydrogen) atoms. The number of phenolic OH excluding ortho intramolecular Hbond substituents is 2. The van der Waals surface area contributed by atoms with Gasteiger partial charge in [-0.3, -0.25) is 0 Å². The molecule has 0 aliphatic rings. The first-order valence-corrected chi connectivity index (χ1v) is 11.3. The third-order valence-corrected chi connectivity index (χ3v) is 6.10. The molecular formula is C29H26N2O3. The zero-order chi connectivity index (χ0) is 23.9. The number of phenols is 2. The summed E-state index contributed by atoms with van der Waals surface area (Å²) in [4.78, 5) is 4.55. The Labute approximate surface area is 198 Å². The lowest BCUT2D eigenvalue weighted by atomic mass is 9.83. The molecule has 0 atom stereocenters. The maximum absolute atomic E-state index is 11.4. The van der Waals surface area contributed by atoms with Crippen LogP contribution in [0.1, 0.15) is 37.8 Å². The van der Waals surface area contributed by atoms with Gasteiger partial charge >= 0.3 is 0 Å². The first-order valence-electron chi connectivity index (χ1n) is 11.3. The molecule has 0 saturated carbocycles. The van der Waals surface area contributed by atoms with Crippen molar-refractivity contribution in [2.24, 2.45) is 0 Å². The molecule has 0 amide bonds. The van der Waals surface area contributed by atoms with Crippen LogP contribution in [0.2, 0.25) is 0 Å². The summed E-state index contributed by atoms with van der Waals surface area (Å²) in [7, 11) is 0. The van der Waals surface area contributed by atoms with Crippen molar-refractivity contribution >= 4 is 10.8 Å². The van der Waals surface area contributed by atoms with Crippen LogP contribution in [0.25, 0.3) is 33.3 Å². The number of aromatic hydroxyl groups is 2. The summed E-state index contributed by atoms with van der Waals surface area (Å²) < 4.78 is 5.49. The lowest BCUT2D eigenvalue weighted by Gasteiger charge is -2.22. The number of nitrogens with zero attached hydrogens (tertiary/aromatic N) is 2. The van der Waals surface area contributed by atoms with E-state index in [2.05, 4.69) is 49.1 Å². The zero-order valence-corrected chi connectivity index (χ0v) is 19.4. The third kappa shape index (κ3) is 4.01. The van der Waals surface area contributed by atoms with E-state index >= 15 is 0 Å². The number of para-hydroxylation sites is 1. The Kier molecular flexibility index (Phi) is 5.33. The van der Waals surface area contributed by atoms with Gasteiger partial charge in [-0.2, -0.15) is 4.98 Å².